The minimum Gasteiger partial charge on any atom is -0.397 e. The predicted molar refractivity (Wildman–Crippen MR) is 107 cm³/mol. The molecule has 8 heteroatoms. The zero-order valence-electron chi connectivity index (χ0n) is 14.3. The number of carbonyl (C=O) groups is 1. The van der Waals surface area contributed by atoms with Gasteiger partial charge in [0, 0.05) is 24.4 Å². The largest absolute Gasteiger partial charge is 0.397 e. The van der Waals surface area contributed by atoms with Crippen molar-refractivity contribution in [3.8, 4) is 0 Å². The number of nitrogen functional groups attached to an aromatic ring is 1. The summed E-state index contributed by atoms with van der Waals surface area (Å²) in [4.78, 5) is 10.3. The molecule has 138 valence electrons. The summed E-state index contributed by atoms with van der Waals surface area (Å²) in [5.41, 5.74) is 18.6. The van der Waals surface area contributed by atoms with Gasteiger partial charge in [0.25, 0.3) is 0 Å². The lowest BCUT2D eigenvalue weighted by atomic mass is 9.93. The minimum absolute atomic E-state index is 0.0484. The Morgan fingerprint density at radius 3 is 2.88 bits per heavy atom. The molecule has 26 heavy (non-hydrogen) atoms. The molecule has 0 spiro atoms. The third kappa shape index (κ3) is 4.03. The molecule has 3 unspecified atom stereocenters. The summed E-state index contributed by atoms with van der Waals surface area (Å²) in [5.74, 6) is -0.0235. The van der Waals surface area contributed by atoms with E-state index in [0.29, 0.717) is 18.7 Å². The molecule has 3 rings (SSSR count). The van der Waals surface area contributed by atoms with Crippen molar-refractivity contribution < 1.29 is 4.79 Å². The number of nitrogens with two attached hydrogens (primary N) is 2. The molecule has 6 N–H and O–H groups in total. The number of halogens is 2. The van der Waals surface area contributed by atoms with E-state index >= 15 is 0 Å². The van der Waals surface area contributed by atoms with Gasteiger partial charge in [-0.1, -0.05) is 36.7 Å². The summed E-state index contributed by atoms with van der Waals surface area (Å²) in [6.07, 6.45) is 5.78. The zero-order valence-corrected chi connectivity index (χ0v) is 15.8. The average Bonchev–Trinajstić information content (AvgIpc) is 2.57. The maximum Gasteiger partial charge on any atom is 0.240 e. The standard InChI is InChI=1S/C18H21Cl2N5O/c1-10-6-16(26)24-25-17(10)12-2-3-14(13(21)8-12)23-9-11-4-5-18(20,22)15(19)7-11/h2-5,7-8,10,15,23H,6,9,21-22H2,1H3,(H,24,26). The molecular weight excluding hydrogens is 373 g/mol. The SMILES string of the molecule is CC1CC(=O)NN=C1c1ccc(NCC2=CC(Cl)C(N)(Cl)C=C2)c(N)c1. The molecule has 1 aromatic rings. The topological polar surface area (TPSA) is 106 Å². The molecule has 0 bridgehead atoms. The highest BCUT2D eigenvalue weighted by molar-refractivity contribution is 6.34. The van der Waals surface area contributed by atoms with E-state index in [1.807, 2.05) is 37.3 Å². The van der Waals surface area contributed by atoms with E-state index in [2.05, 4.69) is 15.8 Å². The van der Waals surface area contributed by atoms with Gasteiger partial charge >= 0.3 is 0 Å². The lowest BCUT2D eigenvalue weighted by Gasteiger charge is -2.26. The summed E-state index contributed by atoms with van der Waals surface area (Å²) in [6.45, 7) is 2.52. The quantitative estimate of drug-likeness (QED) is 0.358. The molecule has 0 aromatic heterocycles. The second-order valence-corrected chi connectivity index (χ2v) is 7.72. The summed E-state index contributed by atoms with van der Waals surface area (Å²) >= 11 is 12.2. The molecule has 1 aliphatic carbocycles. The van der Waals surface area contributed by atoms with Crippen LogP contribution in [0.5, 0.6) is 0 Å². The summed E-state index contributed by atoms with van der Waals surface area (Å²) in [7, 11) is 0. The van der Waals surface area contributed by atoms with E-state index < -0.39 is 10.4 Å². The first-order valence-corrected chi connectivity index (χ1v) is 9.09. The van der Waals surface area contributed by atoms with Crippen LogP contribution in [0, 0.1) is 5.92 Å². The van der Waals surface area contributed by atoms with Gasteiger partial charge in [0.2, 0.25) is 5.91 Å². The molecule has 0 radical (unpaired) electrons. The van der Waals surface area contributed by atoms with E-state index in [-0.39, 0.29) is 11.8 Å². The highest BCUT2D eigenvalue weighted by atomic mass is 35.5. The van der Waals surface area contributed by atoms with Crippen LogP contribution < -0.4 is 22.2 Å². The molecule has 2 aliphatic rings. The van der Waals surface area contributed by atoms with Crippen LogP contribution in [0.2, 0.25) is 0 Å². The van der Waals surface area contributed by atoms with Crippen molar-refractivity contribution in [2.24, 2.45) is 16.8 Å². The average molecular weight is 394 g/mol. The van der Waals surface area contributed by atoms with Crippen molar-refractivity contribution in [2.45, 2.75) is 23.7 Å². The fourth-order valence-corrected chi connectivity index (χ4v) is 3.26. The number of hydrogen-bond donors (Lipinski definition) is 4. The number of benzene rings is 1. The summed E-state index contributed by atoms with van der Waals surface area (Å²) in [5, 5.41) is 6.96. The highest BCUT2D eigenvalue weighted by Crippen LogP contribution is 2.28. The minimum atomic E-state index is -1.06. The smallest absolute Gasteiger partial charge is 0.240 e. The number of hydrazone groups is 1. The third-order valence-electron chi connectivity index (χ3n) is 4.43. The number of alkyl halides is 2. The molecule has 1 heterocycles. The Morgan fingerprint density at radius 1 is 1.46 bits per heavy atom. The number of anilines is 2. The third-order valence-corrected chi connectivity index (χ3v) is 5.39. The van der Waals surface area contributed by atoms with Crippen LogP contribution in [0.25, 0.3) is 0 Å². The van der Waals surface area contributed by atoms with Crippen molar-refractivity contribution >= 4 is 46.2 Å². The van der Waals surface area contributed by atoms with Crippen LogP contribution in [0.4, 0.5) is 11.4 Å². The monoisotopic (exact) mass is 393 g/mol. The lowest BCUT2D eigenvalue weighted by Crippen LogP contribution is -2.41. The fourth-order valence-electron chi connectivity index (χ4n) is 2.90. The van der Waals surface area contributed by atoms with E-state index in [1.54, 1.807) is 6.08 Å². The van der Waals surface area contributed by atoms with Crippen LogP contribution in [0.15, 0.2) is 47.1 Å². The maximum atomic E-state index is 11.4. The Labute approximate surface area is 162 Å². The van der Waals surface area contributed by atoms with E-state index in [9.17, 15) is 4.79 Å². The van der Waals surface area contributed by atoms with Gasteiger partial charge in [-0.25, -0.2) is 5.43 Å². The highest BCUT2D eigenvalue weighted by Gasteiger charge is 2.29. The number of hydrogen-bond acceptors (Lipinski definition) is 5. The van der Waals surface area contributed by atoms with Crippen LogP contribution in [-0.4, -0.2) is 28.5 Å². The molecule has 6 nitrogen and oxygen atoms in total. The van der Waals surface area contributed by atoms with Gasteiger partial charge in [-0.3, -0.25) is 4.79 Å². The van der Waals surface area contributed by atoms with E-state index in [4.69, 9.17) is 34.7 Å². The van der Waals surface area contributed by atoms with Crippen molar-refractivity contribution in [1.82, 2.24) is 5.43 Å². The zero-order chi connectivity index (χ0) is 18.9. The Hall–Kier alpha value is -2.02. The normalized spacial score (nSPS) is 28.2. The lowest BCUT2D eigenvalue weighted by molar-refractivity contribution is -0.121. The van der Waals surface area contributed by atoms with Crippen molar-refractivity contribution in [3.63, 3.8) is 0 Å². The molecule has 3 atom stereocenters. The number of rotatable bonds is 4. The van der Waals surface area contributed by atoms with Gasteiger partial charge in [-0.05, 0) is 23.8 Å². The van der Waals surface area contributed by atoms with Crippen molar-refractivity contribution in [1.29, 1.82) is 0 Å². The number of amides is 1. The molecule has 1 aromatic carbocycles. The molecule has 0 fully saturated rings. The van der Waals surface area contributed by atoms with Gasteiger partial charge in [0.05, 0.1) is 22.5 Å². The van der Waals surface area contributed by atoms with Gasteiger partial charge in [0.1, 0.15) is 5.00 Å². The Bertz CT molecular complexity index is 816. The van der Waals surface area contributed by atoms with Crippen LogP contribution in [0.1, 0.15) is 18.9 Å². The Morgan fingerprint density at radius 2 is 2.23 bits per heavy atom. The molecule has 0 saturated heterocycles. The van der Waals surface area contributed by atoms with Crippen molar-refractivity contribution in [3.05, 3.63) is 47.6 Å². The number of nitrogens with one attached hydrogen (secondary N) is 2. The summed E-state index contributed by atoms with van der Waals surface area (Å²) < 4.78 is 0. The van der Waals surface area contributed by atoms with E-state index in [0.717, 1.165) is 22.5 Å². The number of nitrogens with zero attached hydrogens (tertiary/aromatic N) is 1. The second-order valence-electron chi connectivity index (χ2n) is 6.60. The fraction of sp³-hybridized carbons (Fsp3) is 0.333. The van der Waals surface area contributed by atoms with Gasteiger partial charge < -0.3 is 16.8 Å². The second kappa shape index (κ2) is 7.31. The number of carbonyl (C=O) groups excluding carboxylic acids is 1. The van der Waals surface area contributed by atoms with Gasteiger partial charge in [0.15, 0.2) is 0 Å². The molecular formula is C18H21Cl2N5O. The Kier molecular flexibility index (Phi) is 5.27. The maximum absolute atomic E-state index is 11.4. The van der Waals surface area contributed by atoms with Gasteiger partial charge in [-0.2, -0.15) is 5.10 Å². The molecule has 0 saturated carbocycles. The summed E-state index contributed by atoms with van der Waals surface area (Å²) in [6, 6.07) is 5.69. The van der Waals surface area contributed by atoms with Crippen LogP contribution in [0.3, 0.4) is 0 Å². The van der Waals surface area contributed by atoms with E-state index in [1.165, 1.54) is 0 Å². The van der Waals surface area contributed by atoms with Crippen LogP contribution in [-0.2, 0) is 4.79 Å². The molecule has 1 amide bonds. The first kappa shape index (κ1) is 18.8. The van der Waals surface area contributed by atoms with Gasteiger partial charge in [-0.15, -0.1) is 11.6 Å². The van der Waals surface area contributed by atoms with Crippen molar-refractivity contribution in [2.75, 3.05) is 17.6 Å². The first-order chi connectivity index (χ1) is 12.3. The first-order valence-electron chi connectivity index (χ1n) is 8.28. The predicted octanol–water partition coefficient (Wildman–Crippen LogP) is 2.54. The Balaban J connectivity index is 1.69. The molecule has 1 aliphatic heterocycles. The van der Waals surface area contributed by atoms with Crippen LogP contribution >= 0.6 is 23.2 Å².